The van der Waals surface area contributed by atoms with Gasteiger partial charge in [0, 0.05) is 12.1 Å². The quantitative estimate of drug-likeness (QED) is 0.721. The molecular weight excluding hydrogens is 246 g/mol. The van der Waals surface area contributed by atoms with Crippen molar-refractivity contribution in [2.24, 2.45) is 17.1 Å². The van der Waals surface area contributed by atoms with Crippen LogP contribution in [0.15, 0.2) is 0 Å². The smallest absolute Gasteiger partial charge is 0.0685 e. The Morgan fingerprint density at radius 3 is 2.40 bits per heavy atom. The summed E-state index contributed by atoms with van der Waals surface area (Å²) in [6.45, 7) is 5.79. The van der Waals surface area contributed by atoms with Gasteiger partial charge in [0.2, 0.25) is 0 Å². The maximum Gasteiger partial charge on any atom is 0.0685 e. The molecule has 3 fully saturated rings. The summed E-state index contributed by atoms with van der Waals surface area (Å²) in [7, 11) is 0. The Morgan fingerprint density at radius 2 is 1.65 bits per heavy atom. The Bertz CT molecular complexity index is 345. The van der Waals surface area contributed by atoms with Gasteiger partial charge < -0.3 is 10.5 Å². The van der Waals surface area contributed by atoms with Crippen LogP contribution in [-0.2, 0) is 4.74 Å². The highest BCUT2D eigenvalue weighted by Gasteiger charge is 2.46. The lowest BCUT2D eigenvalue weighted by Crippen LogP contribution is -2.52. The fourth-order valence-electron chi connectivity index (χ4n) is 5.01. The normalized spacial score (nSPS) is 40.6. The van der Waals surface area contributed by atoms with Crippen molar-refractivity contribution in [3.8, 4) is 0 Å². The summed E-state index contributed by atoms with van der Waals surface area (Å²) in [5.74, 6) is 0.697. The lowest BCUT2D eigenvalue weighted by molar-refractivity contribution is -0.106. The predicted molar refractivity (Wildman–Crippen MR) is 83.7 cm³/mol. The Kier molecular flexibility index (Phi) is 3.92. The zero-order valence-corrected chi connectivity index (χ0v) is 13.5. The maximum absolute atomic E-state index is 6.95. The van der Waals surface area contributed by atoms with Crippen molar-refractivity contribution in [1.29, 1.82) is 0 Å². The number of hydrogen-bond donors (Lipinski definition) is 1. The number of rotatable bonds is 1. The van der Waals surface area contributed by atoms with E-state index in [1.807, 2.05) is 0 Å². The summed E-state index contributed by atoms with van der Waals surface area (Å²) in [5.41, 5.74) is 7.76. The van der Waals surface area contributed by atoms with E-state index in [9.17, 15) is 0 Å². The average molecular weight is 279 g/mol. The van der Waals surface area contributed by atoms with Gasteiger partial charge in [0.05, 0.1) is 5.60 Å². The molecule has 2 atom stereocenters. The molecule has 1 aliphatic heterocycles. The number of ether oxygens (including phenoxy) is 1. The van der Waals surface area contributed by atoms with Gasteiger partial charge in [-0.05, 0) is 62.7 Å². The van der Waals surface area contributed by atoms with Gasteiger partial charge in [0.25, 0.3) is 0 Å². The maximum atomic E-state index is 6.95. The fourth-order valence-corrected chi connectivity index (χ4v) is 5.01. The Labute approximate surface area is 124 Å². The molecule has 0 aromatic carbocycles. The molecule has 0 aromatic rings. The lowest BCUT2D eigenvalue weighted by atomic mass is 9.70. The minimum atomic E-state index is 0.0904. The molecule has 1 spiro atoms. The molecule has 0 bridgehead atoms. The molecule has 1 heterocycles. The van der Waals surface area contributed by atoms with Crippen LogP contribution in [0.1, 0.15) is 84.5 Å². The van der Waals surface area contributed by atoms with Gasteiger partial charge in [-0.15, -0.1) is 0 Å². The molecule has 0 amide bonds. The zero-order valence-electron chi connectivity index (χ0n) is 13.5. The van der Waals surface area contributed by atoms with Crippen molar-refractivity contribution in [2.75, 3.05) is 6.61 Å². The Balaban J connectivity index is 1.70. The predicted octanol–water partition coefficient (Wildman–Crippen LogP) is 4.41. The zero-order chi connectivity index (χ0) is 14.3. The van der Waals surface area contributed by atoms with Crippen molar-refractivity contribution in [3.63, 3.8) is 0 Å². The van der Waals surface area contributed by atoms with Gasteiger partial charge in [-0.1, -0.05) is 33.1 Å². The highest BCUT2D eigenvalue weighted by atomic mass is 16.5. The first-order valence-corrected chi connectivity index (χ1v) is 8.86. The van der Waals surface area contributed by atoms with E-state index in [4.69, 9.17) is 10.5 Å². The van der Waals surface area contributed by atoms with Crippen molar-refractivity contribution in [2.45, 2.75) is 95.6 Å². The Morgan fingerprint density at radius 1 is 0.900 bits per heavy atom. The molecule has 2 saturated carbocycles. The van der Waals surface area contributed by atoms with Gasteiger partial charge >= 0.3 is 0 Å². The van der Waals surface area contributed by atoms with Crippen LogP contribution in [0.3, 0.4) is 0 Å². The minimum Gasteiger partial charge on any atom is -0.375 e. The summed E-state index contributed by atoms with van der Waals surface area (Å²) in [6, 6.07) is 0. The standard InChI is InChI=1S/C18H33NO/c1-16(2)7-5-10-18(19,12-11-16)15-6-13-20-17(14-15)8-3-4-9-17/h15H,3-14,19H2,1-2H3. The molecular formula is C18H33NO. The van der Waals surface area contributed by atoms with Crippen molar-refractivity contribution in [1.82, 2.24) is 0 Å². The van der Waals surface area contributed by atoms with E-state index in [0.717, 1.165) is 6.61 Å². The van der Waals surface area contributed by atoms with Crippen LogP contribution in [0.2, 0.25) is 0 Å². The van der Waals surface area contributed by atoms with Crippen LogP contribution in [0.5, 0.6) is 0 Å². The second-order valence-electron chi connectivity index (χ2n) is 8.68. The van der Waals surface area contributed by atoms with Crippen LogP contribution in [0, 0.1) is 11.3 Å². The van der Waals surface area contributed by atoms with Crippen LogP contribution < -0.4 is 5.73 Å². The molecule has 2 heteroatoms. The van der Waals surface area contributed by atoms with E-state index >= 15 is 0 Å². The van der Waals surface area contributed by atoms with Gasteiger partial charge in [-0.2, -0.15) is 0 Å². The van der Waals surface area contributed by atoms with Crippen LogP contribution in [0.4, 0.5) is 0 Å². The molecule has 0 radical (unpaired) electrons. The highest BCUT2D eigenvalue weighted by Crippen LogP contribution is 2.48. The third-order valence-corrected chi connectivity index (χ3v) is 6.58. The highest BCUT2D eigenvalue weighted by molar-refractivity contribution is 5.01. The first kappa shape index (κ1) is 14.8. The third kappa shape index (κ3) is 2.92. The van der Waals surface area contributed by atoms with E-state index < -0.39 is 0 Å². The molecule has 116 valence electrons. The molecule has 2 N–H and O–H groups in total. The molecule has 2 aliphatic carbocycles. The summed E-state index contributed by atoms with van der Waals surface area (Å²) in [5, 5.41) is 0. The molecule has 3 rings (SSSR count). The first-order chi connectivity index (χ1) is 9.43. The average Bonchev–Trinajstić information content (AvgIpc) is 2.78. The fraction of sp³-hybridized carbons (Fsp3) is 1.00. The molecule has 2 nitrogen and oxygen atoms in total. The van der Waals surface area contributed by atoms with Crippen molar-refractivity contribution in [3.05, 3.63) is 0 Å². The van der Waals surface area contributed by atoms with Crippen molar-refractivity contribution < 1.29 is 4.74 Å². The second kappa shape index (κ2) is 5.28. The van der Waals surface area contributed by atoms with Gasteiger partial charge in [0.1, 0.15) is 0 Å². The first-order valence-electron chi connectivity index (χ1n) is 8.86. The summed E-state index contributed by atoms with van der Waals surface area (Å²) >= 11 is 0. The third-order valence-electron chi connectivity index (χ3n) is 6.58. The van der Waals surface area contributed by atoms with Gasteiger partial charge in [-0.25, -0.2) is 0 Å². The van der Waals surface area contributed by atoms with E-state index in [-0.39, 0.29) is 11.1 Å². The summed E-state index contributed by atoms with van der Waals surface area (Å²) < 4.78 is 6.21. The summed E-state index contributed by atoms with van der Waals surface area (Å²) in [4.78, 5) is 0. The number of hydrogen-bond acceptors (Lipinski definition) is 2. The van der Waals surface area contributed by atoms with Crippen molar-refractivity contribution >= 4 is 0 Å². The largest absolute Gasteiger partial charge is 0.375 e. The molecule has 2 unspecified atom stereocenters. The van der Waals surface area contributed by atoms with Gasteiger partial charge in [-0.3, -0.25) is 0 Å². The minimum absolute atomic E-state index is 0.0904. The SMILES string of the molecule is CC1(C)CCCC(N)(C2CCOC3(CCCC3)C2)CC1. The molecule has 1 saturated heterocycles. The van der Waals surface area contributed by atoms with Gasteiger partial charge in [0.15, 0.2) is 0 Å². The van der Waals surface area contributed by atoms with E-state index in [0.29, 0.717) is 11.3 Å². The molecule has 3 aliphatic rings. The molecule has 0 aromatic heterocycles. The number of nitrogens with two attached hydrogens (primary N) is 1. The van der Waals surface area contributed by atoms with E-state index in [1.54, 1.807) is 0 Å². The van der Waals surface area contributed by atoms with E-state index in [2.05, 4.69) is 13.8 Å². The topological polar surface area (TPSA) is 35.2 Å². The Hall–Kier alpha value is -0.0800. The van der Waals surface area contributed by atoms with Crippen LogP contribution >= 0.6 is 0 Å². The van der Waals surface area contributed by atoms with E-state index in [1.165, 1.54) is 70.6 Å². The van der Waals surface area contributed by atoms with Crippen LogP contribution in [0.25, 0.3) is 0 Å². The molecule has 20 heavy (non-hydrogen) atoms. The monoisotopic (exact) mass is 279 g/mol. The van der Waals surface area contributed by atoms with Crippen LogP contribution in [-0.4, -0.2) is 17.7 Å². The summed E-state index contributed by atoms with van der Waals surface area (Å²) in [6.07, 6.45) is 14.1. The lowest BCUT2D eigenvalue weighted by Gasteiger charge is -2.46. The second-order valence-corrected chi connectivity index (χ2v) is 8.68.